The maximum Gasteiger partial charge on any atom is 0.279 e. The number of anilines is 1. The standard InChI is InChI=1S/C17H24ClN5OS/c1-12-17(13(2)21(3)20-12)19-16(24)11-23-8-6-22(7-9-23)10-14-4-5-15(18)25-14/h4-5H,6-11H2,1-3H3,(H,19,24)/p+2. The minimum absolute atomic E-state index is 0.0719. The van der Waals surface area contributed by atoms with Crippen LogP contribution >= 0.6 is 22.9 Å². The number of quaternary nitrogens is 2. The number of nitrogens with one attached hydrogen (secondary N) is 3. The first kappa shape index (κ1) is 18.4. The smallest absolute Gasteiger partial charge is 0.279 e. The fraction of sp³-hybridized carbons (Fsp3) is 0.529. The molecular weight excluding hydrogens is 358 g/mol. The molecule has 1 saturated heterocycles. The quantitative estimate of drug-likeness (QED) is 0.662. The molecule has 0 unspecified atom stereocenters. The molecule has 1 fully saturated rings. The minimum Gasteiger partial charge on any atom is -0.321 e. The fourth-order valence-electron chi connectivity index (χ4n) is 3.37. The van der Waals surface area contributed by atoms with E-state index in [1.165, 1.54) is 9.78 Å². The van der Waals surface area contributed by atoms with E-state index in [4.69, 9.17) is 11.6 Å². The Bertz CT molecular complexity index is 748. The second-order valence-corrected chi connectivity index (χ2v) is 8.58. The molecule has 0 atom stereocenters. The number of rotatable bonds is 5. The lowest BCUT2D eigenvalue weighted by Crippen LogP contribution is -3.28. The highest BCUT2D eigenvalue weighted by atomic mass is 35.5. The molecule has 0 saturated carbocycles. The lowest BCUT2D eigenvalue weighted by molar-refractivity contribution is -1.01. The molecule has 0 bridgehead atoms. The van der Waals surface area contributed by atoms with Gasteiger partial charge in [0.05, 0.1) is 26.3 Å². The van der Waals surface area contributed by atoms with Gasteiger partial charge in [-0.2, -0.15) is 5.10 Å². The Morgan fingerprint density at radius 1 is 1.28 bits per heavy atom. The summed E-state index contributed by atoms with van der Waals surface area (Å²) in [5.74, 6) is 0.0719. The average Bonchev–Trinajstić information content (AvgIpc) is 3.07. The average molecular weight is 384 g/mol. The van der Waals surface area contributed by atoms with Gasteiger partial charge in [-0.25, -0.2) is 0 Å². The number of halogens is 1. The summed E-state index contributed by atoms with van der Waals surface area (Å²) in [7, 11) is 1.89. The number of piperazine rings is 1. The zero-order chi connectivity index (χ0) is 18.0. The number of carbonyl (C=O) groups excluding carboxylic acids is 1. The number of thiophene rings is 1. The van der Waals surface area contributed by atoms with Crippen molar-refractivity contribution in [3.63, 3.8) is 0 Å². The Hall–Kier alpha value is -1.41. The number of aryl methyl sites for hydroxylation is 2. The van der Waals surface area contributed by atoms with Crippen LogP contribution in [-0.4, -0.2) is 48.4 Å². The largest absolute Gasteiger partial charge is 0.321 e. The summed E-state index contributed by atoms with van der Waals surface area (Å²) in [6.07, 6.45) is 0. The van der Waals surface area contributed by atoms with Crippen LogP contribution in [0, 0.1) is 13.8 Å². The number of amides is 1. The van der Waals surface area contributed by atoms with E-state index >= 15 is 0 Å². The van der Waals surface area contributed by atoms with E-state index in [0.29, 0.717) is 6.54 Å². The van der Waals surface area contributed by atoms with Crippen LogP contribution < -0.4 is 15.1 Å². The van der Waals surface area contributed by atoms with E-state index in [9.17, 15) is 4.79 Å². The number of hydrogen-bond donors (Lipinski definition) is 3. The van der Waals surface area contributed by atoms with Gasteiger partial charge in [0.25, 0.3) is 5.91 Å². The summed E-state index contributed by atoms with van der Waals surface area (Å²) in [5, 5.41) is 7.38. The molecule has 25 heavy (non-hydrogen) atoms. The van der Waals surface area contributed by atoms with Crippen LogP contribution in [0.5, 0.6) is 0 Å². The molecule has 1 aliphatic rings. The maximum absolute atomic E-state index is 12.4. The molecule has 3 rings (SSSR count). The van der Waals surface area contributed by atoms with Crippen LogP contribution in [0.1, 0.15) is 16.3 Å². The third-order valence-corrected chi connectivity index (χ3v) is 6.13. The minimum atomic E-state index is 0.0719. The highest BCUT2D eigenvalue weighted by Gasteiger charge is 2.25. The molecule has 2 aromatic rings. The van der Waals surface area contributed by atoms with E-state index in [1.54, 1.807) is 20.9 Å². The van der Waals surface area contributed by atoms with Gasteiger partial charge in [-0.3, -0.25) is 9.48 Å². The molecule has 3 heterocycles. The Labute approximate surface area is 157 Å². The van der Waals surface area contributed by atoms with E-state index in [0.717, 1.165) is 54.1 Å². The summed E-state index contributed by atoms with van der Waals surface area (Å²) >= 11 is 7.67. The van der Waals surface area contributed by atoms with Gasteiger partial charge in [0.2, 0.25) is 0 Å². The summed E-state index contributed by atoms with van der Waals surface area (Å²) < 4.78 is 2.66. The summed E-state index contributed by atoms with van der Waals surface area (Å²) in [5.41, 5.74) is 2.71. The van der Waals surface area contributed by atoms with Gasteiger partial charge in [0.1, 0.15) is 32.7 Å². The number of carbonyl (C=O) groups is 1. The molecule has 136 valence electrons. The van der Waals surface area contributed by atoms with Crippen molar-refractivity contribution in [1.29, 1.82) is 0 Å². The molecule has 0 radical (unpaired) electrons. The van der Waals surface area contributed by atoms with Crippen LogP contribution in [0.25, 0.3) is 0 Å². The first-order chi connectivity index (χ1) is 11.9. The third kappa shape index (κ3) is 4.61. The van der Waals surface area contributed by atoms with Crippen molar-refractivity contribution < 1.29 is 14.6 Å². The van der Waals surface area contributed by atoms with E-state index in [1.807, 2.05) is 27.0 Å². The van der Waals surface area contributed by atoms with Gasteiger partial charge in [0, 0.05) is 7.05 Å². The van der Waals surface area contributed by atoms with Gasteiger partial charge in [-0.1, -0.05) is 11.6 Å². The van der Waals surface area contributed by atoms with Crippen molar-refractivity contribution in [3.8, 4) is 0 Å². The Balaban J connectivity index is 1.46. The van der Waals surface area contributed by atoms with Crippen molar-refractivity contribution >= 4 is 34.5 Å². The summed E-state index contributed by atoms with van der Waals surface area (Å²) in [6.45, 7) is 9.67. The molecule has 0 spiro atoms. The molecular formula is C17H26ClN5OS+2. The number of hydrogen-bond acceptors (Lipinski definition) is 3. The first-order valence-corrected chi connectivity index (χ1v) is 9.83. The van der Waals surface area contributed by atoms with E-state index in [-0.39, 0.29) is 5.91 Å². The van der Waals surface area contributed by atoms with Crippen LogP contribution in [0.15, 0.2) is 12.1 Å². The molecule has 1 amide bonds. The van der Waals surface area contributed by atoms with Gasteiger partial charge >= 0.3 is 0 Å². The SMILES string of the molecule is Cc1nn(C)c(C)c1NC(=O)C[NH+]1CC[NH+](Cc2ccc(Cl)s2)CC1. The number of aromatic nitrogens is 2. The first-order valence-electron chi connectivity index (χ1n) is 8.63. The second-order valence-electron chi connectivity index (χ2n) is 6.78. The predicted molar refractivity (Wildman–Crippen MR) is 101 cm³/mol. The fourth-order valence-corrected chi connectivity index (χ4v) is 4.53. The lowest BCUT2D eigenvalue weighted by Gasteiger charge is -2.29. The predicted octanol–water partition coefficient (Wildman–Crippen LogP) is -0.326. The second kappa shape index (κ2) is 7.86. The maximum atomic E-state index is 12.4. The van der Waals surface area contributed by atoms with Crippen molar-refractivity contribution in [1.82, 2.24) is 9.78 Å². The molecule has 8 heteroatoms. The molecule has 2 aromatic heterocycles. The molecule has 3 N–H and O–H groups in total. The topological polar surface area (TPSA) is 55.8 Å². The highest BCUT2D eigenvalue weighted by molar-refractivity contribution is 7.16. The monoisotopic (exact) mass is 383 g/mol. The highest BCUT2D eigenvalue weighted by Crippen LogP contribution is 2.20. The normalized spacial score (nSPS) is 20.6. The summed E-state index contributed by atoms with van der Waals surface area (Å²) in [6, 6.07) is 4.08. The van der Waals surface area contributed by atoms with Crippen molar-refractivity contribution in [2.75, 3.05) is 38.0 Å². The summed E-state index contributed by atoms with van der Waals surface area (Å²) in [4.78, 5) is 16.6. The van der Waals surface area contributed by atoms with Crippen LogP contribution in [0.2, 0.25) is 4.34 Å². The third-order valence-electron chi connectivity index (χ3n) is 4.90. The molecule has 0 aliphatic carbocycles. The molecule has 6 nitrogen and oxygen atoms in total. The van der Waals surface area contributed by atoms with Crippen molar-refractivity contribution in [3.05, 3.63) is 32.7 Å². The molecule has 0 aromatic carbocycles. The van der Waals surface area contributed by atoms with Crippen LogP contribution in [-0.2, 0) is 18.4 Å². The van der Waals surface area contributed by atoms with Crippen molar-refractivity contribution in [2.45, 2.75) is 20.4 Å². The van der Waals surface area contributed by atoms with Crippen molar-refractivity contribution in [2.24, 2.45) is 7.05 Å². The zero-order valence-corrected chi connectivity index (χ0v) is 16.6. The lowest BCUT2D eigenvalue weighted by atomic mass is 10.2. The van der Waals surface area contributed by atoms with E-state index < -0.39 is 0 Å². The van der Waals surface area contributed by atoms with Gasteiger partial charge in [0.15, 0.2) is 6.54 Å². The van der Waals surface area contributed by atoms with Gasteiger partial charge < -0.3 is 15.1 Å². The molecule has 1 aliphatic heterocycles. The Kier molecular flexibility index (Phi) is 5.78. The Morgan fingerprint density at radius 3 is 2.52 bits per heavy atom. The van der Waals surface area contributed by atoms with Crippen LogP contribution in [0.3, 0.4) is 0 Å². The van der Waals surface area contributed by atoms with Gasteiger partial charge in [-0.15, -0.1) is 11.3 Å². The van der Waals surface area contributed by atoms with Gasteiger partial charge in [-0.05, 0) is 26.0 Å². The zero-order valence-electron chi connectivity index (χ0n) is 15.0. The van der Waals surface area contributed by atoms with E-state index in [2.05, 4.69) is 16.5 Å². The Morgan fingerprint density at radius 2 is 1.96 bits per heavy atom. The van der Waals surface area contributed by atoms with Crippen LogP contribution in [0.4, 0.5) is 5.69 Å². The number of nitrogens with zero attached hydrogens (tertiary/aromatic N) is 2.